The van der Waals surface area contributed by atoms with Crippen molar-refractivity contribution >= 4 is 11.6 Å². The molecule has 2 heterocycles. The molecule has 0 radical (unpaired) electrons. The lowest BCUT2D eigenvalue weighted by atomic mass is 9.85. The van der Waals surface area contributed by atoms with Gasteiger partial charge in [0, 0.05) is 18.3 Å². The van der Waals surface area contributed by atoms with Crippen LogP contribution in [0.2, 0.25) is 0 Å². The summed E-state index contributed by atoms with van der Waals surface area (Å²) in [6.07, 6.45) is 0.733. The van der Waals surface area contributed by atoms with Gasteiger partial charge in [-0.3, -0.25) is 4.79 Å². The molecular formula is C20H22N2O3. The number of hydrogen-bond donors (Lipinski definition) is 1. The van der Waals surface area contributed by atoms with Gasteiger partial charge in [-0.2, -0.15) is 0 Å². The minimum atomic E-state index is -0.252. The molecule has 2 aromatic carbocycles. The number of ether oxygens (including phenoxy) is 2. The predicted octanol–water partition coefficient (Wildman–Crippen LogP) is 2.83. The van der Waals surface area contributed by atoms with Gasteiger partial charge in [0.1, 0.15) is 13.2 Å². The summed E-state index contributed by atoms with van der Waals surface area (Å²) >= 11 is 0. The van der Waals surface area contributed by atoms with Gasteiger partial charge in [0.05, 0.1) is 5.92 Å². The van der Waals surface area contributed by atoms with Crippen molar-refractivity contribution in [2.24, 2.45) is 5.73 Å². The van der Waals surface area contributed by atoms with Crippen molar-refractivity contribution in [3.63, 3.8) is 0 Å². The monoisotopic (exact) mass is 338 g/mol. The highest BCUT2D eigenvalue weighted by Crippen LogP contribution is 2.39. The van der Waals surface area contributed by atoms with E-state index >= 15 is 0 Å². The van der Waals surface area contributed by atoms with Crippen molar-refractivity contribution in [1.29, 1.82) is 0 Å². The molecule has 0 fully saturated rings. The van der Waals surface area contributed by atoms with Crippen molar-refractivity contribution in [3.05, 3.63) is 53.6 Å². The van der Waals surface area contributed by atoms with Crippen LogP contribution in [0, 0.1) is 0 Å². The van der Waals surface area contributed by atoms with Crippen LogP contribution in [0.4, 0.5) is 5.69 Å². The fourth-order valence-electron chi connectivity index (χ4n) is 3.77. The van der Waals surface area contributed by atoms with Crippen molar-refractivity contribution in [2.75, 3.05) is 18.1 Å². The molecule has 0 saturated carbocycles. The van der Waals surface area contributed by atoms with Crippen LogP contribution in [-0.2, 0) is 11.3 Å². The van der Waals surface area contributed by atoms with Crippen LogP contribution in [0.15, 0.2) is 42.5 Å². The van der Waals surface area contributed by atoms with Crippen LogP contribution in [0.3, 0.4) is 0 Å². The summed E-state index contributed by atoms with van der Waals surface area (Å²) in [5.74, 6) is 1.13. The molecule has 5 heteroatoms. The first kappa shape index (κ1) is 15.8. The number of hydrogen-bond acceptors (Lipinski definition) is 4. The fourth-order valence-corrected chi connectivity index (χ4v) is 3.77. The number of carbonyl (C=O) groups excluding carboxylic acids is 1. The first-order chi connectivity index (χ1) is 12.1. The van der Waals surface area contributed by atoms with E-state index in [1.54, 1.807) is 0 Å². The summed E-state index contributed by atoms with van der Waals surface area (Å²) in [7, 11) is 0. The van der Waals surface area contributed by atoms with Crippen LogP contribution in [0.5, 0.6) is 11.5 Å². The first-order valence-corrected chi connectivity index (χ1v) is 8.67. The number of para-hydroxylation sites is 1. The number of carbonyl (C=O) groups is 1. The smallest absolute Gasteiger partial charge is 0.225 e. The Kier molecular flexibility index (Phi) is 3.99. The minimum Gasteiger partial charge on any atom is -0.486 e. The molecule has 5 nitrogen and oxygen atoms in total. The van der Waals surface area contributed by atoms with Gasteiger partial charge in [-0.25, -0.2) is 0 Å². The Hall–Kier alpha value is -2.69. The van der Waals surface area contributed by atoms with Crippen LogP contribution >= 0.6 is 0 Å². The molecule has 25 heavy (non-hydrogen) atoms. The van der Waals surface area contributed by atoms with E-state index in [0.29, 0.717) is 13.2 Å². The maximum Gasteiger partial charge on any atom is 0.225 e. The summed E-state index contributed by atoms with van der Waals surface area (Å²) in [4.78, 5) is 14.2. The van der Waals surface area contributed by atoms with E-state index < -0.39 is 0 Å². The highest BCUT2D eigenvalue weighted by Gasteiger charge is 2.33. The lowest BCUT2D eigenvalue weighted by Gasteiger charge is -2.40. The fraction of sp³-hybridized carbons (Fsp3) is 0.350. The molecule has 1 amide bonds. The molecule has 130 valence electrons. The molecule has 0 unspecified atom stereocenters. The Morgan fingerprint density at radius 2 is 1.92 bits per heavy atom. The molecule has 2 N–H and O–H groups in total. The largest absolute Gasteiger partial charge is 0.486 e. The standard InChI is InChI=1S/C20H22N2O3/c1-13-10-16(20(21)23)15-4-2-3-5-17(15)22(13)12-14-6-7-18-19(11-14)25-9-8-24-18/h2-7,11,13,16H,8-10,12H2,1H3,(H2,21,23)/t13-,16-/m0/s1. The molecule has 0 saturated heterocycles. The lowest BCUT2D eigenvalue weighted by Crippen LogP contribution is -2.41. The molecule has 2 aliphatic rings. The van der Waals surface area contributed by atoms with E-state index in [0.717, 1.165) is 41.3 Å². The summed E-state index contributed by atoms with van der Waals surface area (Å²) < 4.78 is 11.3. The Bertz CT molecular complexity index is 805. The second-order valence-corrected chi connectivity index (χ2v) is 6.70. The maximum atomic E-state index is 11.9. The van der Waals surface area contributed by atoms with Crippen molar-refractivity contribution in [1.82, 2.24) is 0 Å². The Morgan fingerprint density at radius 3 is 2.72 bits per heavy atom. The van der Waals surface area contributed by atoms with Crippen molar-refractivity contribution < 1.29 is 14.3 Å². The van der Waals surface area contributed by atoms with Gasteiger partial charge >= 0.3 is 0 Å². The van der Waals surface area contributed by atoms with Gasteiger partial charge in [0.25, 0.3) is 0 Å². The Morgan fingerprint density at radius 1 is 1.16 bits per heavy atom. The molecule has 0 spiro atoms. The maximum absolute atomic E-state index is 11.9. The second-order valence-electron chi connectivity index (χ2n) is 6.70. The van der Waals surface area contributed by atoms with E-state index in [9.17, 15) is 4.79 Å². The first-order valence-electron chi connectivity index (χ1n) is 8.67. The van der Waals surface area contributed by atoms with Crippen LogP contribution in [0.1, 0.15) is 30.4 Å². The lowest BCUT2D eigenvalue weighted by molar-refractivity contribution is -0.119. The van der Waals surface area contributed by atoms with Crippen LogP contribution < -0.4 is 20.1 Å². The predicted molar refractivity (Wildman–Crippen MR) is 96.1 cm³/mol. The number of benzene rings is 2. The number of anilines is 1. The van der Waals surface area contributed by atoms with Gasteiger partial charge in [0.2, 0.25) is 5.91 Å². The second kappa shape index (κ2) is 6.31. The number of fused-ring (bicyclic) bond motifs is 2. The highest BCUT2D eigenvalue weighted by atomic mass is 16.6. The van der Waals surface area contributed by atoms with Gasteiger partial charge in [0.15, 0.2) is 11.5 Å². The van der Waals surface area contributed by atoms with E-state index in [4.69, 9.17) is 15.2 Å². The molecule has 0 bridgehead atoms. The third kappa shape index (κ3) is 2.90. The topological polar surface area (TPSA) is 64.8 Å². The molecule has 4 rings (SSSR count). The number of nitrogens with two attached hydrogens (primary N) is 1. The van der Waals surface area contributed by atoms with Gasteiger partial charge in [-0.15, -0.1) is 0 Å². The van der Waals surface area contributed by atoms with E-state index in [-0.39, 0.29) is 17.9 Å². The molecule has 0 aliphatic carbocycles. The highest BCUT2D eigenvalue weighted by molar-refractivity contribution is 5.85. The van der Waals surface area contributed by atoms with Gasteiger partial charge < -0.3 is 20.1 Å². The third-order valence-electron chi connectivity index (χ3n) is 5.03. The number of amides is 1. The zero-order valence-electron chi connectivity index (χ0n) is 14.3. The van der Waals surface area contributed by atoms with Gasteiger partial charge in [-0.05, 0) is 42.7 Å². The quantitative estimate of drug-likeness (QED) is 0.935. The normalized spacial score (nSPS) is 21.6. The molecular weight excluding hydrogens is 316 g/mol. The molecule has 2 aliphatic heterocycles. The summed E-state index contributed by atoms with van der Waals surface area (Å²) in [5.41, 5.74) is 8.89. The number of nitrogens with zero attached hydrogens (tertiary/aromatic N) is 1. The van der Waals surface area contributed by atoms with E-state index in [1.165, 1.54) is 0 Å². The van der Waals surface area contributed by atoms with Crippen molar-refractivity contribution in [2.45, 2.75) is 31.8 Å². The van der Waals surface area contributed by atoms with Gasteiger partial charge in [-0.1, -0.05) is 24.3 Å². The Balaban J connectivity index is 1.66. The average Bonchev–Trinajstić information content (AvgIpc) is 2.63. The van der Waals surface area contributed by atoms with E-state index in [2.05, 4.69) is 24.0 Å². The summed E-state index contributed by atoms with van der Waals surface area (Å²) in [6.45, 7) is 4.07. The number of primary amides is 1. The molecule has 2 aromatic rings. The summed E-state index contributed by atoms with van der Waals surface area (Å²) in [5, 5.41) is 0. The van der Waals surface area contributed by atoms with Crippen molar-refractivity contribution in [3.8, 4) is 11.5 Å². The van der Waals surface area contributed by atoms with Crippen LogP contribution in [-0.4, -0.2) is 25.2 Å². The third-order valence-corrected chi connectivity index (χ3v) is 5.03. The average molecular weight is 338 g/mol. The molecule has 0 aromatic heterocycles. The number of rotatable bonds is 3. The minimum absolute atomic E-state index is 0.220. The molecule has 2 atom stereocenters. The zero-order chi connectivity index (χ0) is 17.4. The zero-order valence-corrected chi connectivity index (χ0v) is 14.3. The van der Waals surface area contributed by atoms with Crippen LogP contribution in [0.25, 0.3) is 0 Å². The van der Waals surface area contributed by atoms with E-state index in [1.807, 2.05) is 30.3 Å². The SMILES string of the molecule is C[C@H]1C[C@H](C(N)=O)c2ccccc2N1Cc1ccc2c(c1)OCCO2. The summed E-state index contributed by atoms with van der Waals surface area (Å²) in [6, 6.07) is 14.4. The Labute approximate surface area is 147 Å².